The number of anilines is 1. The van der Waals surface area contributed by atoms with Crippen LogP contribution in [-0.4, -0.2) is 77.3 Å². The van der Waals surface area contributed by atoms with Gasteiger partial charge in [-0.25, -0.2) is 8.42 Å². The summed E-state index contributed by atoms with van der Waals surface area (Å²) in [5, 5.41) is 3.39. The number of carbonyl (C=O) groups excluding carboxylic acids is 1. The molecular formula is C25H35N3O5S. The van der Waals surface area contributed by atoms with E-state index in [-0.39, 0.29) is 16.8 Å². The van der Waals surface area contributed by atoms with Crippen LogP contribution in [0.3, 0.4) is 0 Å². The van der Waals surface area contributed by atoms with Crippen LogP contribution < -0.4 is 10.2 Å². The number of ether oxygens (including phenoxy) is 2. The molecule has 0 spiro atoms. The summed E-state index contributed by atoms with van der Waals surface area (Å²) in [7, 11) is -3.69. The van der Waals surface area contributed by atoms with Gasteiger partial charge in [-0.2, -0.15) is 4.31 Å². The molecule has 7 rings (SSSR count). The lowest BCUT2D eigenvalue weighted by Gasteiger charge is -2.54. The molecule has 6 fully saturated rings. The first kappa shape index (κ1) is 22.8. The van der Waals surface area contributed by atoms with E-state index in [1.165, 1.54) is 36.4 Å². The molecule has 8 nitrogen and oxygen atoms in total. The Balaban J connectivity index is 1.30. The van der Waals surface area contributed by atoms with E-state index >= 15 is 0 Å². The van der Waals surface area contributed by atoms with Gasteiger partial charge in [0.1, 0.15) is 0 Å². The summed E-state index contributed by atoms with van der Waals surface area (Å²) in [6.07, 6.45) is 6.26. The number of rotatable bonds is 5. The van der Waals surface area contributed by atoms with Crippen LogP contribution in [0.5, 0.6) is 0 Å². The minimum Gasteiger partial charge on any atom is -0.379 e. The van der Waals surface area contributed by atoms with Crippen LogP contribution in [0.25, 0.3) is 0 Å². The smallest absolute Gasteiger partial charge is 0.253 e. The predicted molar refractivity (Wildman–Crippen MR) is 127 cm³/mol. The van der Waals surface area contributed by atoms with Crippen molar-refractivity contribution in [2.75, 3.05) is 57.5 Å². The average molecular weight is 490 g/mol. The highest BCUT2D eigenvalue weighted by molar-refractivity contribution is 7.89. The molecule has 2 saturated heterocycles. The van der Waals surface area contributed by atoms with E-state index in [1.807, 2.05) is 6.07 Å². The number of hydrogen-bond acceptors (Lipinski definition) is 6. The van der Waals surface area contributed by atoms with E-state index in [4.69, 9.17) is 9.47 Å². The molecule has 0 aromatic heterocycles. The molecule has 1 N–H and O–H groups in total. The monoisotopic (exact) mass is 489 g/mol. The van der Waals surface area contributed by atoms with E-state index in [0.717, 1.165) is 17.5 Å². The molecule has 34 heavy (non-hydrogen) atoms. The van der Waals surface area contributed by atoms with Gasteiger partial charge in [-0.05, 0) is 74.0 Å². The molecule has 4 aliphatic carbocycles. The summed E-state index contributed by atoms with van der Waals surface area (Å²) in [5.74, 6) is 2.65. The molecular weight excluding hydrogens is 454 g/mol. The Hall–Kier alpha value is -1.68. The second-order valence-corrected chi connectivity index (χ2v) is 12.7. The number of nitrogens with zero attached hydrogens (tertiary/aromatic N) is 2. The molecule has 6 aliphatic rings. The van der Waals surface area contributed by atoms with Gasteiger partial charge in [-0.1, -0.05) is 0 Å². The lowest BCUT2D eigenvalue weighted by Crippen LogP contribution is -2.56. The van der Waals surface area contributed by atoms with Gasteiger partial charge in [-0.15, -0.1) is 0 Å². The van der Waals surface area contributed by atoms with E-state index in [0.29, 0.717) is 70.0 Å². The molecule has 1 aromatic rings. The summed E-state index contributed by atoms with van der Waals surface area (Å²) >= 11 is 0. The molecule has 4 bridgehead atoms. The van der Waals surface area contributed by atoms with Gasteiger partial charge >= 0.3 is 0 Å². The van der Waals surface area contributed by atoms with Crippen molar-refractivity contribution in [3.63, 3.8) is 0 Å². The lowest BCUT2D eigenvalue weighted by atomic mass is 9.54. The Kier molecular flexibility index (Phi) is 6.08. The molecule has 186 valence electrons. The number of benzene rings is 1. The quantitative estimate of drug-likeness (QED) is 0.682. The zero-order chi connectivity index (χ0) is 23.3. The van der Waals surface area contributed by atoms with Gasteiger partial charge in [0, 0.05) is 37.9 Å². The summed E-state index contributed by atoms with van der Waals surface area (Å²) < 4.78 is 39.0. The van der Waals surface area contributed by atoms with Gasteiger partial charge in [0.25, 0.3) is 5.91 Å². The van der Waals surface area contributed by atoms with E-state index in [1.54, 1.807) is 12.1 Å². The van der Waals surface area contributed by atoms with Crippen molar-refractivity contribution in [2.24, 2.45) is 23.7 Å². The fourth-order valence-corrected chi connectivity index (χ4v) is 8.70. The van der Waals surface area contributed by atoms with Gasteiger partial charge in [0.15, 0.2) is 0 Å². The first-order valence-electron chi connectivity index (χ1n) is 12.8. The van der Waals surface area contributed by atoms with E-state index in [9.17, 15) is 13.2 Å². The van der Waals surface area contributed by atoms with Crippen LogP contribution in [0.15, 0.2) is 23.1 Å². The Labute approximate surface area is 202 Å². The Morgan fingerprint density at radius 1 is 0.853 bits per heavy atom. The molecule has 2 aliphatic heterocycles. The maximum atomic E-state index is 13.8. The van der Waals surface area contributed by atoms with Crippen LogP contribution in [0.1, 0.15) is 42.5 Å². The second kappa shape index (κ2) is 9.08. The third-order valence-corrected chi connectivity index (χ3v) is 10.6. The molecule has 0 atom stereocenters. The van der Waals surface area contributed by atoms with Gasteiger partial charge in [-0.3, -0.25) is 4.79 Å². The average Bonchev–Trinajstić information content (AvgIpc) is 2.86. The normalized spacial score (nSPS) is 33.8. The van der Waals surface area contributed by atoms with E-state index in [2.05, 4.69) is 10.2 Å². The number of hydrogen-bond donors (Lipinski definition) is 1. The third-order valence-electron chi connectivity index (χ3n) is 8.70. The Bertz CT molecular complexity index is 1000. The molecule has 4 saturated carbocycles. The molecule has 1 amide bonds. The number of sulfonamides is 1. The van der Waals surface area contributed by atoms with Crippen molar-refractivity contribution < 1.29 is 22.7 Å². The number of carbonyl (C=O) groups is 1. The fraction of sp³-hybridized carbons (Fsp3) is 0.720. The summed E-state index contributed by atoms with van der Waals surface area (Å²) in [4.78, 5) is 16.1. The maximum absolute atomic E-state index is 13.8. The van der Waals surface area contributed by atoms with Crippen molar-refractivity contribution in [3.05, 3.63) is 23.8 Å². The molecule has 0 radical (unpaired) electrons. The second-order valence-electron chi connectivity index (χ2n) is 10.7. The van der Waals surface area contributed by atoms with Crippen LogP contribution in [0.2, 0.25) is 0 Å². The van der Waals surface area contributed by atoms with Crippen LogP contribution in [0.4, 0.5) is 5.69 Å². The highest BCUT2D eigenvalue weighted by Gasteiger charge is 2.48. The van der Waals surface area contributed by atoms with Crippen LogP contribution in [-0.2, 0) is 19.5 Å². The van der Waals surface area contributed by atoms with Crippen molar-refractivity contribution in [1.82, 2.24) is 9.62 Å². The standard InChI is InChI=1S/C25H35N3O5S/c29-25(26-24-19-12-17-11-18(14-19)15-20(24)13-17)22-16-21(34(30,31)28-5-9-33-10-6-28)1-2-23(22)27-3-7-32-8-4-27/h1-2,16-20,24H,3-15H2,(H,26,29). The Morgan fingerprint density at radius 3 is 2.06 bits per heavy atom. The summed E-state index contributed by atoms with van der Waals surface area (Å²) in [5.41, 5.74) is 1.26. The topological polar surface area (TPSA) is 88.2 Å². The minimum atomic E-state index is -3.69. The highest BCUT2D eigenvalue weighted by atomic mass is 32.2. The zero-order valence-corrected chi connectivity index (χ0v) is 20.5. The van der Waals surface area contributed by atoms with E-state index < -0.39 is 10.0 Å². The molecule has 0 unspecified atom stereocenters. The van der Waals surface area contributed by atoms with Crippen LogP contribution in [0, 0.1) is 23.7 Å². The third kappa shape index (κ3) is 4.14. The Morgan fingerprint density at radius 2 is 1.44 bits per heavy atom. The van der Waals surface area contributed by atoms with Crippen molar-refractivity contribution >= 4 is 21.6 Å². The highest BCUT2D eigenvalue weighted by Crippen LogP contribution is 2.53. The zero-order valence-electron chi connectivity index (χ0n) is 19.7. The van der Waals surface area contributed by atoms with Crippen molar-refractivity contribution in [3.8, 4) is 0 Å². The maximum Gasteiger partial charge on any atom is 0.253 e. The number of nitrogens with one attached hydrogen (secondary N) is 1. The number of morpholine rings is 2. The lowest BCUT2D eigenvalue weighted by molar-refractivity contribution is -0.0119. The molecule has 9 heteroatoms. The summed E-state index contributed by atoms with van der Waals surface area (Å²) in [6.45, 7) is 4.04. The minimum absolute atomic E-state index is 0.141. The molecule has 1 aromatic carbocycles. The van der Waals surface area contributed by atoms with Gasteiger partial charge in [0.2, 0.25) is 10.0 Å². The predicted octanol–water partition coefficient (Wildman–Crippen LogP) is 2.10. The van der Waals surface area contributed by atoms with Crippen molar-refractivity contribution in [1.29, 1.82) is 0 Å². The molecule has 2 heterocycles. The van der Waals surface area contributed by atoms with Gasteiger partial charge in [0.05, 0.1) is 36.9 Å². The van der Waals surface area contributed by atoms with Gasteiger partial charge < -0.3 is 19.7 Å². The number of amides is 1. The van der Waals surface area contributed by atoms with Crippen LogP contribution >= 0.6 is 0 Å². The van der Waals surface area contributed by atoms with Crippen molar-refractivity contribution in [2.45, 2.75) is 43.0 Å². The summed E-state index contributed by atoms with van der Waals surface area (Å²) in [6, 6.07) is 5.26. The first-order chi connectivity index (χ1) is 16.5. The SMILES string of the molecule is O=C(NC1C2CC3CC(C2)CC1C3)c1cc(S(=O)(=O)N2CCOCC2)ccc1N1CCOCC1. The largest absolute Gasteiger partial charge is 0.379 e. The first-order valence-corrected chi connectivity index (χ1v) is 14.3. The fourth-order valence-electron chi connectivity index (χ4n) is 7.26.